The van der Waals surface area contributed by atoms with E-state index >= 15 is 0 Å². The Morgan fingerprint density at radius 3 is 2.25 bits per heavy atom. The van der Waals surface area contributed by atoms with Gasteiger partial charge in [0.25, 0.3) is 0 Å². The van der Waals surface area contributed by atoms with Crippen LogP contribution in [0, 0.1) is 0 Å². The van der Waals surface area contributed by atoms with Crippen molar-refractivity contribution in [3.63, 3.8) is 0 Å². The van der Waals surface area contributed by atoms with Gasteiger partial charge in [0.15, 0.2) is 11.7 Å². The van der Waals surface area contributed by atoms with Crippen LogP contribution in [0.15, 0.2) is 51.7 Å². The van der Waals surface area contributed by atoms with E-state index in [1.165, 1.54) is 36.4 Å². The first-order valence-corrected chi connectivity index (χ1v) is 12.3. The standard InChI is InChI=1S/C26H28O14/c27-11-3-1-10(2-4-11)16-7-14(29)19-13(28)5-12(6-17(19)39-16)38-26-24(35)22(33)21(32)18(40-26)9-37-25-23(34)20(31)15(30)8-36-25/h1-7,15,18,20-28,30-35H,8-9H2/t15-,18+,20-,21+,22-,23-,24+,25+,26+/m0/s1. The molecule has 9 atom stereocenters. The maximum atomic E-state index is 12.7. The summed E-state index contributed by atoms with van der Waals surface area (Å²) in [6, 6.07) is 9.39. The third-order valence-corrected chi connectivity index (χ3v) is 6.73. The molecule has 216 valence electrons. The van der Waals surface area contributed by atoms with Gasteiger partial charge in [-0.15, -0.1) is 0 Å². The third-order valence-electron chi connectivity index (χ3n) is 6.73. The Balaban J connectivity index is 1.35. The predicted octanol–water partition coefficient (Wildman–Crippen LogP) is -1.49. The van der Waals surface area contributed by atoms with E-state index in [9.17, 15) is 45.6 Å². The summed E-state index contributed by atoms with van der Waals surface area (Å²) in [6.45, 7) is -0.802. The van der Waals surface area contributed by atoms with Gasteiger partial charge in [-0.25, -0.2) is 0 Å². The number of aliphatic hydroxyl groups excluding tert-OH is 6. The van der Waals surface area contributed by atoms with Crippen molar-refractivity contribution < 1.29 is 64.2 Å². The molecule has 3 aromatic rings. The molecule has 0 aliphatic carbocycles. The molecule has 2 aliphatic heterocycles. The maximum Gasteiger partial charge on any atom is 0.229 e. The van der Waals surface area contributed by atoms with Crippen LogP contribution in [0.4, 0.5) is 0 Å². The van der Waals surface area contributed by atoms with E-state index in [0.29, 0.717) is 5.56 Å². The van der Waals surface area contributed by atoms with Gasteiger partial charge in [0.1, 0.15) is 76.7 Å². The summed E-state index contributed by atoms with van der Waals surface area (Å²) < 4.78 is 27.5. The Kier molecular flexibility index (Phi) is 7.96. The number of hydrogen-bond donors (Lipinski definition) is 8. The van der Waals surface area contributed by atoms with Crippen molar-refractivity contribution in [3.05, 3.63) is 52.7 Å². The number of phenolic OH excluding ortho intramolecular Hbond substituents is 2. The van der Waals surface area contributed by atoms with E-state index in [-0.39, 0.29) is 34.8 Å². The van der Waals surface area contributed by atoms with Gasteiger partial charge in [-0.1, -0.05) is 0 Å². The van der Waals surface area contributed by atoms with E-state index < -0.39 is 73.1 Å². The van der Waals surface area contributed by atoms with Crippen LogP contribution < -0.4 is 10.2 Å². The highest BCUT2D eigenvalue weighted by atomic mass is 16.7. The summed E-state index contributed by atoms with van der Waals surface area (Å²) in [7, 11) is 0. The molecule has 2 fully saturated rings. The molecular weight excluding hydrogens is 536 g/mol. The fourth-order valence-corrected chi connectivity index (χ4v) is 4.48. The van der Waals surface area contributed by atoms with Crippen molar-refractivity contribution in [2.45, 2.75) is 55.3 Å². The van der Waals surface area contributed by atoms with Crippen LogP contribution in [0.5, 0.6) is 17.2 Å². The summed E-state index contributed by atoms with van der Waals surface area (Å²) in [4.78, 5) is 12.7. The van der Waals surface area contributed by atoms with E-state index in [0.717, 1.165) is 6.07 Å². The van der Waals surface area contributed by atoms with E-state index in [2.05, 4.69) is 0 Å². The molecule has 1 aromatic heterocycles. The highest BCUT2D eigenvalue weighted by Crippen LogP contribution is 2.33. The topological polar surface area (TPSA) is 229 Å². The molecule has 0 bridgehead atoms. The van der Waals surface area contributed by atoms with Gasteiger partial charge >= 0.3 is 0 Å². The molecule has 14 heteroatoms. The van der Waals surface area contributed by atoms with Crippen LogP contribution in [0.3, 0.4) is 0 Å². The van der Waals surface area contributed by atoms with Crippen LogP contribution in [-0.4, -0.2) is 109 Å². The molecular formula is C26H28O14. The van der Waals surface area contributed by atoms with Gasteiger partial charge in [0.05, 0.1) is 13.2 Å². The largest absolute Gasteiger partial charge is 0.508 e. The molecule has 14 nitrogen and oxygen atoms in total. The minimum absolute atomic E-state index is 0.0149. The zero-order valence-electron chi connectivity index (χ0n) is 20.7. The summed E-state index contributed by atoms with van der Waals surface area (Å²) in [5.41, 5.74) is -0.147. The summed E-state index contributed by atoms with van der Waals surface area (Å²) in [6.07, 6.45) is -13.9. The molecule has 0 amide bonds. The van der Waals surface area contributed by atoms with Crippen molar-refractivity contribution in [3.8, 4) is 28.6 Å². The van der Waals surface area contributed by atoms with Gasteiger partial charge in [0.2, 0.25) is 6.29 Å². The molecule has 5 rings (SSSR count). The second-order valence-electron chi connectivity index (χ2n) is 9.55. The lowest BCUT2D eigenvalue weighted by atomic mass is 9.99. The number of rotatable bonds is 6. The molecule has 40 heavy (non-hydrogen) atoms. The van der Waals surface area contributed by atoms with Crippen molar-refractivity contribution in [2.75, 3.05) is 13.2 Å². The van der Waals surface area contributed by atoms with Crippen molar-refractivity contribution in [1.29, 1.82) is 0 Å². The smallest absolute Gasteiger partial charge is 0.229 e. The summed E-state index contributed by atoms with van der Waals surface area (Å²) in [5, 5.41) is 80.5. The Hall–Kier alpha value is -3.31. The number of aromatic hydroxyl groups is 2. The van der Waals surface area contributed by atoms with E-state index in [1.807, 2.05) is 0 Å². The fourth-order valence-electron chi connectivity index (χ4n) is 4.48. The normalized spacial score (nSPS) is 32.7. The summed E-state index contributed by atoms with van der Waals surface area (Å²) >= 11 is 0. The molecule has 8 N–H and O–H groups in total. The fraction of sp³-hybridized carbons (Fsp3) is 0.423. The first-order chi connectivity index (χ1) is 19.0. The number of fused-ring (bicyclic) bond motifs is 1. The SMILES string of the molecule is O=c1cc(-c2ccc(O)cc2)oc2cc(O[C@@H]3O[C@H](CO[C@H]4OC[C@H](O)[C@H](O)[C@@H]4O)[C@@H](O)[C@H](O)[C@H]3O)cc(O)c12. The number of aliphatic hydroxyl groups is 6. The minimum Gasteiger partial charge on any atom is -0.508 e. The molecule has 2 aromatic carbocycles. The highest BCUT2D eigenvalue weighted by molar-refractivity contribution is 5.86. The monoisotopic (exact) mass is 564 g/mol. The van der Waals surface area contributed by atoms with Crippen LogP contribution in [0.1, 0.15) is 0 Å². The number of hydrogen-bond acceptors (Lipinski definition) is 14. The van der Waals surface area contributed by atoms with E-state index in [1.54, 1.807) is 0 Å². The zero-order chi connectivity index (χ0) is 28.7. The van der Waals surface area contributed by atoms with Gasteiger partial charge in [-0.3, -0.25) is 4.79 Å². The average molecular weight is 564 g/mol. The van der Waals surface area contributed by atoms with Crippen molar-refractivity contribution >= 4 is 11.0 Å². The number of benzene rings is 2. The maximum absolute atomic E-state index is 12.7. The van der Waals surface area contributed by atoms with Crippen LogP contribution in [-0.2, 0) is 14.2 Å². The lowest BCUT2D eigenvalue weighted by Crippen LogP contribution is -2.61. The van der Waals surface area contributed by atoms with Gasteiger partial charge in [-0.05, 0) is 24.3 Å². The lowest BCUT2D eigenvalue weighted by molar-refractivity contribution is -0.307. The molecule has 0 unspecified atom stereocenters. The third kappa shape index (κ3) is 5.49. The van der Waals surface area contributed by atoms with Gasteiger partial charge < -0.3 is 64.2 Å². The van der Waals surface area contributed by atoms with Crippen LogP contribution in [0.25, 0.3) is 22.3 Å². The van der Waals surface area contributed by atoms with Crippen molar-refractivity contribution in [1.82, 2.24) is 0 Å². The average Bonchev–Trinajstić information content (AvgIpc) is 2.92. The number of phenols is 2. The van der Waals surface area contributed by atoms with Gasteiger partial charge in [0, 0.05) is 23.8 Å². The van der Waals surface area contributed by atoms with Crippen LogP contribution >= 0.6 is 0 Å². The Labute approximate surface area is 225 Å². The zero-order valence-corrected chi connectivity index (χ0v) is 20.7. The Bertz CT molecular complexity index is 1390. The Morgan fingerprint density at radius 1 is 0.825 bits per heavy atom. The quantitative estimate of drug-likeness (QED) is 0.171. The second kappa shape index (κ2) is 11.3. The molecule has 2 aliphatic rings. The minimum atomic E-state index is -1.76. The second-order valence-corrected chi connectivity index (χ2v) is 9.55. The Morgan fingerprint density at radius 2 is 1.52 bits per heavy atom. The molecule has 0 radical (unpaired) electrons. The molecule has 2 saturated heterocycles. The van der Waals surface area contributed by atoms with E-state index in [4.69, 9.17) is 23.4 Å². The predicted molar refractivity (Wildman–Crippen MR) is 132 cm³/mol. The highest BCUT2D eigenvalue weighted by Gasteiger charge is 2.46. The summed E-state index contributed by atoms with van der Waals surface area (Å²) in [5.74, 6) is -0.454. The van der Waals surface area contributed by atoms with Crippen molar-refractivity contribution in [2.24, 2.45) is 0 Å². The molecule has 0 spiro atoms. The molecule has 0 saturated carbocycles. The van der Waals surface area contributed by atoms with Crippen LogP contribution in [0.2, 0.25) is 0 Å². The lowest BCUT2D eigenvalue weighted by Gasteiger charge is -2.41. The molecule has 3 heterocycles. The van der Waals surface area contributed by atoms with Gasteiger partial charge in [-0.2, -0.15) is 0 Å². The first kappa shape index (κ1) is 28.2. The first-order valence-electron chi connectivity index (χ1n) is 12.3. The number of ether oxygens (including phenoxy) is 4.